The van der Waals surface area contributed by atoms with Crippen molar-refractivity contribution in [2.75, 3.05) is 25.1 Å². The van der Waals surface area contributed by atoms with Gasteiger partial charge in [-0.15, -0.1) is 0 Å². The van der Waals surface area contributed by atoms with Gasteiger partial charge in [0.2, 0.25) is 0 Å². The molecule has 1 aliphatic rings. The Labute approximate surface area is 178 Å². The van der Waals surface area contributed by atoms with E-state index in [1.54, 1.807) is 7.11 Å². The molecule has 1 aliphatic heterocycles. The smallest absolute Gasteiger partial charge is 0.258 e. The molecule has 3 aromatic carbocycles. The van der Waals surface area contributed by atoms with Crippen LogP contribution in [0.4, 0.5) is 5.69 Å². The van der Waals surface area contributed by atoms with Crippen LogP contribution in [0.1, 0.15) is 28.8 Å². The second-order valence-corrected chi connectivity index (χ2v) is 7.74. The van der Waals surface area contributed by atoms with Crippen LogP contribution in [0.3, 0.4) is 0 Å². The van der Waals surface area contributed by atoms with E-state index in [4.69, 9.17) is 4.74 Å². The van der Waals surface area contributed by atoms with Crippen molar-refractivity contribution in [2.24, 2.45) is 0 Å². The molecule has 0 radical (unpaired) electrons. The van der Waals surface area contributed by atoms with Gasteiger partial charge in [-0.1, -0.05) is 54.6 Å². The SMILES string of the molecule is COc1cccc(N(C(=O)c2ccccc2)C2CCN(Cc3ccccc3)CC2)c1. The van der Waals surface area contributed by atoms with E-state index < -0.39 is 0 Å². The van der Waals surface area contributed by atoms with E-state index in [2.05, 4.69) is 35.2 Å². The number of methoxy groups -OCH3 is 1. The van der Waals surface area contributed by atoms with E-state index in [1.807, 2.05) is 59.5 Å². The summed E-state index contributed by atoms with van der Waals surface area (Å²) >= 11 is 0. The van der Waals surface area contributed by atoms with Crippen molar-refractivity contribution in [3.8, 4) is 5.75 Å². The summed E-state index contributed by atoms with van der Waals surface area (Å²) in [7, 11) is 1.66. The molecule has 0 aromatic heterocycles. The summed E-state index contributed by atoms with van der Waals surface area (Å²) in [5.41, 5.74) is 2.94. The average Bonchev–Trinajstić information content (AvgIpc) is 2.82. The van der Waals surface area contributed by atoms with E-state index in [9.17, 15) is 4.79 Å². The van der Waals surface area contributed by atoms with Crippen LogP contribution in [0.5, 0.6) is 5.75 Å². The Morgan fingerprint density at radius 2 is 1.60 bits per heavy atom. The zero-order chi connectivity index (χ0) is 20.8. The fourth-order valence-corrected chi connectivity index (χ4v) is 4.15. The van der Waals surface area contributed by atoms with Gasteiger partial charge in [-0.05, 0) is 42.7 Å². The summed E-state index contributed by atoms with van der Waals surface area (Å²) in [5, 5.41) is 0. The molecule has 0 unspecified atom stereocenters. The summed E-state index contributed by atoms with van der Waals surface area (Å²) < 4.78 is 5.42. The van der Waals surface area contributed by atoms with Gasteiger partial charge >= 0.3 is 0 Å². The van der Waals surface area contributed by atoms with Gasteiger partial charge in [0.05, 0.1) is 7.11 Å². The lowest BCUT2D eigenvalue weighted by atomic mass is 10.00. The first-order valence-corrected chi connectivity index (χ1v) is 10.5. The van der Waals surface area contributed by atoms with Crippen LogP contribution < -0.4 is 9.64 Å². The third-order valence-electron chi connectivity index (χ3n) is 5.74. The molecule has 0 N–H and O–H groups in total. The number of nitrogens with zero attached hydrogens (tertiary/aromatic N) is 2. The Balaban J connectivity index is 1.53. The van der Waals surface area contributed by atoms with Gasteiger partial charge in [0.15, 0.2) is 0 Å². The molecule has 0 saturated carbocycles. The number of amides is 1. The number of benzene rings is 3. The van der Waals surface area contributed by atoms with Crippen molar-refractivity contribution in [1.82, 2.24) is 4.90 Å². The summed E-state index contributed by atoms with van der Waals surface area (Å²) in [6.07, 6.45) is 1.89. The van der Waals surface area contributed by atoms with Crippen LogP contribution >= 0.6 is 0 Å². The predicted octanol–water partition coefficient (Wildman–Crippen LogP) is 5.01. The third kappa shape index (κ3) is 4.71. The van der Waals surface area contributed by atoms with Gasteiger partial charge in [0.1, 0.15) is 5.75 Å². The minimum Gasteiger partial charge on any atom is -0.497 e. The fourth-order valence-electron chi connectivity index (χ4n) is 4.15. The number of rotatable bonds is 6. The maximum Gasteiger partial charge on any atom is 0.258 e. The first-order valence-electron chi connectivity index (χ1n) is 10.5. The van der Waals surface area contributed by atoms with E-state index >= 15 is 0 Å². The highest BCUT2D eigenvalue weighted by atomic mass is 16.5. The lowest BCUT2D eigenvalue weighted by molar-refractivity contribution is 0.0958. The standard InChI is InChI=1S/C26H28N2O2/c1-30-25-14-8-13-24(19-25)28(26(29)22-11-6-3-7-12-22)23-15-17-27(18-16-23)20-21-9-4-2-5-10-21/h2-14,19,23H,15-18,20H2,1H3. The van der Waals surface area contributed by atoms with Crippen molar-refractivity contribution in [1.29, 1.82) is 0 Å². The monoisotopic (exact) mass is 400 g/mol. The molecule has 1 fully saturated rings. The highest BCUT2D eigenvalue weighted by Crippen LogP contribution is 2.29. The van der Waals surface area contributed by atoms with Gasteiger partial charge in [-0.2, -0.15) is 0 Å². The Bertz CT molecular complexity index is 951. The molecule has 1 saturated heterocycles. The maximum absolute atomic E-state index is 13.5. The molecule has 4 heteroatoms. The van der Waals surface area contributed by atoms with Crippen LogP contribution in [0, 0.1) is 0 Å². The molecule has 1 amide bonds. The molecule has 1 heterocycles. The van der Waals surface area contributed by atoms with Crippen LogP contribution in [0.15, 0.2) is 84.9 Å². The molecule has 154 valence electrons. The number of likely N-dealkylation sites (tertiary alicyclic amines) is 1. The van der Waals surface area contributed by atoms with Gasteiger partial charge < -0.3 is 9.64 Å². The highest BCUT2D eigenvalue weighted by Gasteiger charge is 2.30. The molecule has 0 aliphatic carbocycles. The number of carbonyl (C=O) groups excluding carboxylic acids is 1. The molecule has 4 rings (SSSR count). The number of hydrogen-bond acceptors (Lipinski definition) is 3. The fraction of sp³-hybridized carbons (Fsp3) is 0.269. The molecule has 0 bridgehead atoms. The van der Waals surface area contributed by atoms with Crippen LogP contribution in [-0.4, -0.2) is 37.0 Å². The molecule has 0 spiro atoms. The lowest BCUT2D eigenvalue weighted by Gasteiger charge is -2.38. The zero-order valence-electron chi connectivity index (χ0n) is 17.4. The number of piperidine rings is 1. The topological polar surface area (TPSA) is 32.8 Å². The quantitative estimate of drug-likeness (QED) is 0.583. The summed E-state index contributed by atoms with van der Waals surface area (Å²) in [4.78, 5) is 17.9. The van der Waals surface area contributed by atoms with Crippen molar-refractivity contribution >= 4 is 11.6 Å². The number of hydrogen-bond donors (Lipinski definition) is 0. The van der Waals surface area contributed by atoms with Crippen LogP contribution in [0.2, 0.25) is 0 Å². The Hall–Kier alpha value is -3.11. The molecule has 3 aromatic rings. The van der Waals surface area contributed by atoms with Gasteiger partial charge in [0, 0.05) is 43.0 Å². The van der Waals surface area contributed by atoms with Gasteiger partial charge in [0.25, 0.3) is 5.91 Å². The second-order valence-electron chi connectivity index (χ2n) is 7.74. The molecule has 30 heavy (non-hydrogen) atoms. The summed E-state index contributed by atoms with van der Waals surface area (Å²) in [6, 6.07) is 28.1. The van der Waals surface area contributed by atoms with E-state index in [0.29, 0.717) is 5.56 Å². The normalized spacial score (nSPS) is 15.0. The second kappa shape index (κ2) is 9.59. The Morgan fingerprint density at radius 1 is 0.933 bits per heavy atom. The van der Waals surface area contributed by atoms with Crippen LogP contribution in [-0.2, 0) is 6.54 Å². The van der Waals surface area contributed by atoms with E-state index in [-0.39, 0.29) is 11.9 Å². The largest absolute Gasteiger partial charge is 0.497 e. The first-order chi connectivity index (χ1) is 14.7. The highest BCUT2D eigenvalue weighted by molar-refractivity contribution is 6.06. The van der Waals surface area contributed by atoms with Gasteiger partial charge in [-0.25, -0.2) is 0 Å². The van der Waals surface area contributed by atoms with Crippen molar-refractivity contribution in [3.63, 3.8) is 0 Å². The summed E-state index contributed by atoms with van der Waals surface area (Å²) in [6.45, 7) is 2.91. The third-order valence-corrected chi connectivity index (χ3v) is 5.74. The van der Waals surface area contributed by atoms with Crippen LogP contribution in [0.25, 0.3) is 0 Å². The van der Waals surface area contributed by atoms with Crippen molar-refractivity contribution < 1.29 is 9.53 Å². The zero-order valence-corrected chi connectivity index (χ0v) is 17.4. The summed E-state index contributed by atoms with van der Waals surface area (Å²) in [5.74, 6) is 0.810. The van der Waals surface area contributed by atoms with Gasteiger partial charge in [-0.3, -0.25) is 9.69 Å². The van der Waals surface area contributed by atoms with E-state index in [0.717, 1.165) is 43.9 Å². The number of anilines is 1. The molecular formula is C26H28N2O2. The molecule has 4 nitrogen and oxygen atoms in total. The molecular weight excluding hydrogens is 372 g/mol. The minimum absolute atomic E-state index is 0.0466. The van der Waals surface area contributed by atoms with Crippen molar-refractivity contribution in [3.05, 3.63) is 96.1 Å². The maximum atomic E-state index is 13.5. The van der Waals surface area contributed by atoms with Crippen molar-refractivity contribution in [2.45, 2.75) is 25.4 Å². The van der Waals surface area contributed by atoms with E-state index in [1.165, 1.54) is 5.56 Å². The minimum atomic E-state index is 0.0466. The first kappa shape index (κ1) is 20.2. The number of carbonyl (C=O) groups is 1. The average molecular weight is 401 g/mol. The Morgan fingerprint density at radius 3 is 2.27 bits per heavy atom. The molecule has 0 atom stereocenters. The number of ether oxygens (including phenoxy) is 1. The Kier molecular flexibility index (Phi) is 6.45. The predicted molar refractivity (Wildman–Crippen MR) is 121 cm³/mol. The lowest BCUT2D eigenvalue weighted by Crippen LogP contribution is -2.47.